The van der Waals surface area contributed by atoms with Crippen LogP contribution in [0.15, 0.2) is 6.20 Å². The normalized spacial score (nSPS) is 20.2. The van der Waals surface area contributed by atoms with E-state index >= 15 is 0 Å². The number of carbonyl (C=O) groups is 1. The molecule has 7 heteroatoms. The lowest BCUT2D eigenvalue weighted by Gasteiger charge is -2.31. The Labute approximate surface area is 117 Å². The Morgan fingerprint density at radius 3 is 3.11 bits per heavy atom. The molecule has 5 nitrogen and oxygen atoms in total. The molecule has 1 saturated heterocycles. The van der Waals surface area contributed by atoms with Crippen LogP contribution in [0.2, 0.25) is 0 Å². The van der Waals surface area contributed by atoms with Crippen LogP contribution in [-0.4, -0.2) is 35.9 Å². The standard InChI is InChI=1S/C11H18N4OS.ClH/c1-13-10(16)8-3-2-4-15(6-8)7-9-5-14-11(12)17-9;/h5,8H,2-4,6-7H2,1H3,(H2,12,14)(H,13,16);1H. The number of anilines is 1. The van der Waals surface area contributed by atoms with Crippen molar-refractivity contribution in [2.45, 2.75) is 19.4 Å². The van der Waals surface area contributed by atoms with E-state index in [2.05, 4.69) is 15.2 Å². The lowest BCUT2D eigenvalue weighted by Crippen LogP contribution is -2.41. The summed E-state index contributed by atoms with van der Waals surface area (Å²) in [5.74, 6) is 0.275. The number of piperidine rings is 1. The second kappa shape index (κ2) is 6.92. The van der Waals surface area contributed by atoms with E-state index in [0.717, 1.165) is 32.5 Å². The summed E-state index contributed by atoms with van der Waals surface area (Å²) in [6.07, 6.45) is 3.89. The van der Waals surface area contributed by atoms with Crippen LogP contribution in [0.4, 0.5) is 5.13 Å². The van der Waals surface area contributed by atoms with Crippen LogP contribution < -0.4 is 11.1 Å². The second-order valence-corrected chi connectivity index (χ2v) is 5.50. The van der Waals surface area contributed by atoms with Crippen LogP contribution >= 0.6 is 23.7 Å². The number of amides is 1. The molecule has 0 bridgehead atoms. The van der Waals surface area contributed by atoms with Gasteiger partial charge in [-0.3, -0.25) is 9.69 Å². The van der Waals surface area contributed by atoms with Crippen molar-refractivity contribution in [3.05, 3.63) is 11.1 Å². The monoisotopic (exact) mass is 290 g/mol. The van der Waals surface area contributed by atoms with E-state index in [1.54, 1.807) is 7.05 Å². The fourth-order valence-corrected chi connectivity index (χ4v) is 2.96. The van der Waals surface area contributed by atoms with Crippen molar-refractivity contribution in [1.29, 1.82) is 0 Å². The Balaban J connectivity index is 0.00000162. The van der Waals surface area contributed by atoms with Crippen LogP contribution in [-0.2, 0) is 11.3 Å². The number of nitrogens with one attached hydrogen (secondary N) is 1. The molecule has 1 fully saturated rings. The summed E-state index contributed by atoms with van der Waals surface area (Å²) in [5.41, 5.74) is 5.61. The van der Waals surface area contributed by atoms with Gasteiger partial charge in [-0.1, -0.05) is 0 Å². The third-order valence-electron chi connectivity index (χ3n) is 3.07. The quantitative estimate of drug-likeness (QED) is 0.875. The molecule has 3 N–H and O–H groups in total. The Bertz CT molecular complexity index is 398. The van der Waals surface area contributed by atoms with Gasteiger partial charge in [0.2, 0.25) is 5.91 Å². The Morgan fingerprint density at radius 2 is 2.50 bits per heavy atom. The Morgan fingerprint density at radius 1 is 1.72 bits per heavy atom. The van der Waals surface area contributed by atoms with Gasteiger partial charge >= 0.3 is 0 Å². The highest BCUT2D eigenvalue weighted by atomic mass is 35.5. The first kappa shape index (κ1) is 15.2. The molecule has 0 spiro atoms. The zero-order chi connectivity index (χ0) is 12.3. The predicted molar refractivity (Wildman–Crippen MR) is 75.8 cm³/mol. The maximum atomic E-state index is 11.6. The van der Waals surface area contributed by atoms with E-state index in [1.165, 1.54) is 16.2 Å². The number of nitrogen functional groups attached to an aromatic ring is 1. The molecule has 18 heavy (non-hydrogen) atoms. The van der Waals surface area contributed by atoms with Gasteiger partial charge < -0.3 is 11.1 Å². The smallest absolute Gasteiger partial charge is 0.224 e. The van der Waals surface area contributed by atoms with Crippen molar-refractivity contribution in [2.75, 3.05) is 25.9 Å². The molecular weight excluding hydrogens is 272 g/mol. The number of hydrogen-bond acceptors (Lipinski definition) is 5. The topological polar surface area (TPSA) is 71.2 Å². The van der Waals surface area contributed by atoms with Gasteiger partial charge in [0, 0.05) is 31.2 Å². The summed E-state index contributed by atoms with van der Waals surface area (Å²) < 4.78 is 0. The fourth-order valence-electron chi connectivity index (χ4n) is 2.23. The lowest BCUT2D eigenvalue weighted by atomic mass is 9.97. The number of halogens is 1. The average molecular weight is 291 g/mol. The van der Waals surface area contributed by atoms with Crippen LogP contribution in [0.3, 0.4) is 0 Å². The first-order chi connectivity index (χ1) is 8.19. The van der Waals surface area contributed by atoms with Crippen molar-refractivity contribution in [1.82, 2.24) is 15.2 Å². The van der Waals surface area contributed by atoms with Gasteiger partial charge in [-0.25, -0.2) is 4.98 Å². The molecule has 0 aliphatic carbocycles. The van der Waals surface area contributed by atoms with E-state index in [4.69, 9.17) is 5.73 Å². The minimum absolute atomic E-state index is 0. The molecule has 1 aromatic rings. The molecular formula is C11H19ClN4OS. The first-order valence-corrected chi connectivity index (χ1v) is 6.65. The molecule has 2 rings (SSSR count). The molecule has 1 aliphatic rings. The maximum absolute atomic E-state index is 11.6. The van der Waals surface area contributed by atoms with Crippen LogP contribution in [0.5, 0.6) is 0 Å². The molecule has 0 aromatic carbocycles. The Kier molecular flexibility index (Phi) is 5.84. The summed E-state index contributed by atoms with van der Waals surface area (Å²) in [7, 11) is 1.70. The van der Waals surface area contributed by atoms with Gasteiger partial charge in [0.15, 0.2) is 5.13 Å². The predicted octanol–water partition coefficient (Wildman–Crippen LogP) is 1.11. The van der Waals surface area contributed by atoms with E-state index in [1.807, 2.05) is 6.20 Å². The highest BCUT2D eigenvalue weighted by Gasteiger charge is 2.25. The first-order valence-electron chi connectivity index (χ1n) is 5.83. The SMILES string of the molecule is CNC(=O)C1CCCN(Cc2cnc(N)s2)C1.Cl. The zero-order valence-electron chi connectivity index (χ0n) is 10.4. The zero-order valence-corrected chi connectivity index (χ0v) is 12.0. The third kappa shape index (κ3) is 3.83. The number of hydrogen-bond donors (Lipinski definition) is 2. The minimum Gasteiger partial charge on any atom is -0.375 e. The highest BCUT2D eigenvalue weighted by molar-refractivity contribution is 7.15. The number of nitrogens with zero attached hydrogens (tertiary/aromatic N) is 2. The van der Waals surface area contributed by atoms with Crippen LogP contribution in [0, 0.1) is 5.92 Å². The number of carbonyl (C=O) groups excluding carboxylic acids is 1. The van der Waals surface area contributed by atoms with Crippen molar-refractivity contribution >= 4 is 34.8 Å². The van der Waals surface area contributed by atoms with E-state index in [9.17, 15) is 4.79 Å². The fraction of sp³-hybridized carbons (Fsp3) is 0.636. The summed E-state index contributed by atoms with van der Waals surface area (Å²) in [4.78, 5) is 19.1. The summed E-state index contributed by atoms with van der Waals surface area (Å²) in [5, 5.41) is 3.34. The van der Waals surface area contributed by atoms with Gasteiger partial charge in [0.1, 0.15) is 0 Å². The van der Waals surface area contributed by atoms with Gasteiger partial charge in [-0.15, -0.1) is 23.7 Å². The van der Waals surface area contributed by atoms with Crippen molar-refractivity contribution in [3.63, 3.8) is 0 Å². The van der Waals surface area contributed by atoms with E-state index < -0.39 is 0 Å². The molecule has 0 radical (unpaired) electrons. The number of aromatic nitrogens is 1. The maximum Gasteiger partial charge on any atom is 0.224 e. The molecule has 1 aliphatic heterocycles. The number of rotatable bonds is 3. The second-order valence-electron chi connectivity index (χ2n) is 4.35. The third-order valence-corrected chi connectivity index (χ3v) is 3.88. The number of likely N-dealkylation sites (tertiary alicyclic amines) is 1. The summed E-state index contributed by atoms with van der Waals surface area (Å²) >= 11 is 1.52. The largest absolute Gasteiger partial charge is 0.375 e. The Hall–Kier alpha value is -0.850. The van der Waals surface area contributed by atoms with Gasteiger partial charge in [0.05, 0.1) is 5.92 Å². The van der Waals surface area contributed by atoms with Crippen LogP contribution in [0.25, 0.3) is 0 Å². The van der Waals surface area contributed by atoms with Crippen molar-refractivity contribution in [3.8, 4) is 0 Å². The minimum atomic E-state index is 0. The average Bonchev–Trinajstić information content (AvgIpc) is 2.74. The van der Waals surface area contributed by atoms with E-state index in [0.29, 0.717) is 5.13 Å². The number of nitrogens with two attached hydrogens (primary N) is 1. The van der Waals surface area contributed by atoms with Gasteiger partial charge in [0.25, 0.3) is 0 Å². The number of thiazole rings is 1. The van der Waals surface area contributed by atoms with Crippen molar-refractivity contribution < 1.29 is 4.79 Å². The van der Waals surface area contributed by atoms with Crippen molar-refractivity contribution in [2.24, 2.45) is 5.92 Å². The molecule has 0 saturated carbocycles. The molecule has 1 amide bonds. The van der Waals surface area contributed by atoms with Gasteiger partial charge in [-0.05, 0) is 19.4 Å². The summed E-state index contributed by atoms with van der Waals surface area (Å²) in [6, 6.07) is 0. The molecule has 1 atom stereocenters. The molecule has 102 valence electrons. The molecule has 1 unspecified atom stereocenters. The molecule has 2 heterocycles. The van der Waals surface area contributed by atoms with Gasteiger partial charge in [-0.2, -0.15) is 0 Å². The lowest BCUT2D eigenvalue weighted by molar-refractivity contribution is -0.126. The summed E-state index contributed by atoms with van der Waals surface area (Å²) in [6.45, 7) is 2.73. The molecule has 1 aromatic heterocycles. The van der Waals surface area contributed by atoms with E-state index in [-0.39, 0.29) is 24.2 Å². The van der Waals surface area contributed by atoms with Crippen LogP contribution in [0.1, 0.15) is 17.7 Å². The highest BCUT2D eigenvalue weighted by Crippen LogP contribution is 2.21.